The molecule has 0 spiro atoms. The highest BCUT2D eigenvalue weighted by Crippen LogP contribution is 2.26. The van der Waals surface area contributed by atoms with Crippen LogP contribution in [0, 0.1) is 5.82 Å². The van der Waals surface area contributed by atoms with E-state index in [1.54, 1.807) is 12.1 Å². The molecule has 3 rings (SSSR count). The van der Waals surface area contributed by atoms with Crippen molar-refractivity contribution in [3.8, 4) is 0 Å². The lowest BCUT2D eigenvalue weighted by Crippen LogP contribution is -2.28. The Morgan fingerprint density at radius 1 is 0.857 bits per heavy atom. The third-order valence-electron chi connectivity index (χ3n) is 3.53. The van der Waals surface area contributed by atoms with Gasteiger partial charge in [-0.3, -0.25) is 5.84 Å². The molecule has 4 heteroatoms. The van der Waals surface area contributed by atoms with E-state index >= 15 is 0 Å². The van der Waals surface area contributed by atoms with Gasteiger partial charge in [-0.2, -0.15) is 0 Å². The maximum atomic E-state index is 13.0. The summed E-state index contributed by atoms with van der Waals surface area (Å²) in [7, 11) is 0. The van der Waals surface area contributed by atoms with Crippen LogP contribution in [0.2, 0.25) is 0 Å². The average Bonchev–Trinajstić information content (AvgIpc) is 2.50. The average molecular weight is 345 g/mol. The Bertz CT molecular complexity index is 771. The van der Waals surface area contributed by atoms with Gasteiger partial charge in [-0.15, -0.1) is 0 Å². The van der Waals surface area contributed by atoms with Gasteiger partial charge < -0.3 is 0 Å². The summed E-state index contributed by atoms with van der Waals surface area (Å²) in [5.74, 6) is 5.44. The van der Waals surface area contributed by atoms with Crippen molar-refractivity contribution in [1.29, 1.82) is 0 Å². The highest BCUT2D eigenvalue weighted by Gasteiger charge is 2.12. The van der Waals surface area contributed by atoms with E-state index in [1.165, 1.54) is 12.1 Å². The maximum absolute atomic E-state index is 13.0. The summed E-state index contributed by atoms with van der Waals surface area (Å²) in [6, 6.07) is 18.5. The minimum Gasteiger partial charge on any atom is -0.271 e. The monoisotopic (exact) mass is 344 g/mol. The summed E-state index contributed by atoms with van der Waals surface area (Å²) < 4.78 is 14.1. The summed E-state index contributed by atoms with van der Waals surface area (Å²) >= 11 is 3.47. The maximum Gasteiger partial charge on any atom is 0.123 e. The lowest BCUT2D eigenvalue weighted by atomic mass is 9.97. The summed E-state index contributed by atoms with van der Waals surface area (Å²) in [5, 5.41) is 2.29. The number of benzene rings is 3. The van der Waals surface area contributed by atoms with E-state index in [9.17, 15) is 4.39 Å². The molecule has 0 amide bonds. The zero-order valence-corrected chi connectivity index (χ0v) is 12.8. The van der Waals surface area contributed by atoms with Gasteiger partial charge in [0.05, 0.1) is 6.04 Å². The van der Waals surface area contributed by atoms with Gasteiger partial charge in [0.25, 0.3) is 0 Å². The standard InChI is InChI=1S/C17H14BrFN2/c18-15-6-3-12-9-14(2-1-13(12)10-15)17(21-20)11-4-7-16(19)8-5-11/h1-10,17,21H,20H2. The smallest absolute Gasteiger partial charge is 0.123 e. The lowest BCUT2D eigenvalue weighted by Gasteiger charge is -2.17. The summed E-state index contributed by atoms with van der Waals surface area (Å²) in [6.45, 7) is 0. The minimum absolute atomic E-state index is 0.168. The Kier molecular flexibility index (Phi) is 4.01. The molecule has 2 nitrogen and oxygen atoms in total. The number of hydrogen-bond acceptors (Lipinski definition) is 2. The van der Waals surface area contributed by atoms with Crippen molar-refractivity contribution in [1.82, 2.24) is 5.43 Å². The van der Waals surface area contributed by atoms with Crippen LogP contribution in [0.3, 0.4) is 0 Å². The number of rotatable bonds is 3. The van der Waals surface area contributed by atoms with Gasteiger partial charge >= 0.3 is 0 Å². The van der Waals surface area contributed by atoms with E-state index in [0.29, 0.717) is 0 Å². The van der Waals surface area contributed by atoms with E-state index < -0.39 is 0 Å². The fourth-order valence-corrected chi connectivity index (χ4v) is 2.83. The van der Waals surface area contributed by atoms with Crippen molar-refractivity contribution < 1.29 is 4.39 Å². The van der Waals surface area contributed by atoms with Gasteiger partial charge in [0.2, 0.25) is 0 Å². The number of fused-ring (bicyclic) bond motifs is 1. The fourth-order valence-electron chi connectivity index (χ4n) is 2.45. The molecule has 0 saturated heterocycles. The first-order valence-corrected chi connectivity index (χ1v) is 7.37. The molecule has 0 saturated carbocycles. The minimum atomic E-state index is -0.252. The third kappa shape index (κ3) is 2.97. The molecule has 3 N–H and O–H groups in total. The molecule has 0 aliphatic heterocycles. The van der Waals surface area contributed by atoms with Crippen LogP contribution in [-0.4, -0.2) is 0 Å². The van der Waals surface area contributed by atoms with Gasteiger partial charge in [-0.25, -0.2) is 9.82 Å². The van der Waals surface area contributed by atoms with Gasteiger partial charge in [0, 0.05) is 4.47 Å². The number of nitrogens with two attached hydrogens (primary N) is 1. The summed E-state index contributed by atoms with van der Waals surface area (Å²) in [6.07, 6.45) is 0. The normalized spacial score (nSPS) is 12.5. The Hall–Kier alpha value is -1.75. The molecule has 21 heavy (non-hydrogen) atoms. The molecule has 3 aromatic carbocycles. The molecule has 0 radical (unpaired) electrons. The van der Waals surface area contributed by atoms with Crippen LogP contribution < -0.4 is 11.3 Å². The number of hydrogen-bond donors (Lipinski definition) is 2. The number of nitrogens with one attached hydrogen (secondary N) is 1. The van der Waals surface area contributed by atoms with Crippen LogP contribution in [0.5, 0.6) is 0 Å². The highest BCUT2D eigenvalue weighted by molar-refractivity contribution is 9.10. The molecule has 1 atom stereocenters. The van der Waals surface area contributed by atoms with Crippen molar-refractivity contribution in [3.63, 3.8) is 0 Å². The van der Waals surface area contributed by atoms with Crippen LogP contribution in [0.15, 0.2) is 65.1 Å². The van der Waals surface area contributed by atoms with E-state index in [1.807, 2.05) is 12.1 Å². The molecule has 0 bridgehead atoms. The molecule has 3 aromatic rings. The molecular formula is C17H14BrFN2. The van der Waals surface area contributed by atoms with Crippen molar-refractivity contribution in [3.05, 3.63) is 82.1 Å². The predicted molar refractivity (Wildman–Crippen MR) is 87.2 cm³/mol. The largest absolute Gasteiger partial charge is 0.271 e. The number of halogens is 2. The van der Waals surface area contributed by atoms with Crippen LogP contribution in [0.4, 0.5) is 4.39 Å². The van der Waals surface area contributed by atoms with E-state index in [4.69, 9.17) is 5.84 Å². The van der Waals surface area contributed by atoms with Crippen LogP contribution in [0.25, 0.3) is 10.8 Å². The van der Waals surface area contributed by atoms with E-state index in [-0.39, 0.29) is 11.9 Å². The Balaban J connectivity index is 2.04. The van der Waals surface area contributed by atoms with Crippen LogP contribution >= 0.6 is 15.9 Å². The van der Waals surface area contributed by atoms with Crippen molar-refractivity contribution in [2.24, 2.45) is 5.84 Å². The first-order chi connectivity index (χ1) is 10.2. The zero-order chi connectivity index (χ0) is 14.8. The van der Waals surface area contributed by atoms with Crippen molar-refractivity contribution >= 4 is 26.7 Å². The zero-order valence-electron chi connectivity index (χ0n) is 11.2. The molecule has 0 aliphatic carbocycles. The first kappa shape index (κ1) is 14.2. The summed E-state index contributed by atoms with van der Waals surface area (Å²) in [5.41, 5.74) is 4.77. The quantitative estimate of drug-likeness (QED) is 0.549. The third-order valence-corrected chi connectivity index (χ3v) is 4.02. The molecule has 0 fully saturated rings. The summed E-state index contributed by atoms with van der Waals surface area (Å²) in [4.78, 5) is 0. The second-order valence-corrected chi connectivity index (χ2v) is 5.82. The van der Waals surface area contributed by atoms with Crippen LogP contribution in [-0.2, 0) is 0 Å². The van der Waals surface area contributed by atoms with Gasteiger partial charge in [0.15, 0.2) is 0 Å². The SMILES string of the molecule is NNC(c1ccc(F)cc1)c1ccc2cc(Br)ccc2c1. The lowest BCUT2D eigenvalue weighted by molar-refractivity contribution is 0.616. The second kappa shape index (κ2) is 5.93. The Morgan fingerprint density at radius 3 is 2.19 bits per heavy atom. The van der Waals surface area contributed by atoms with Crippen LogP contribution in [0.1, 0.15) is 17.2 Å². The highest BCUT2D eigenvalue weighted by atomic mass is 79.9. The van der Waals surface area contributed by atoms with Crippen molar-refractivity contribution in [2.45, 2.75) is 6.04 Å². The van der Waals surface area contributed by atoms with Gasteiger partial charge in [0.1, 0.15) is 5.82 Å². The van der Waals surface area contributed by atoms with E-state index in [0.717, 1.165) is 26.4 Å². The molecular weight excluding hydrogens is 331 g/mol. The van der Waals surface area contributed by atoms with Crippen molar-refractivity contribution in [2.75, 3.05) is 0 Å². The predicted octanol–water partition coefficient (Wildman–Crippen LogP) is 4.29. The Morgan fingerprint density at radius 2 is 1.48 bits per heavy atom. The number of hydrazine groups is 1. The van der Waals surface area contributed by atoms with Gasteiger partial charge in [-0.1, -0.05) is 46.3 Å². The Labute approximate surface area is 130 Å². The molecule has 0 heterocycles. The fraction of sp³-hybridized carbons (Fsp3) is 0.0588. The molecule has 106 valence electrons. The molecule has 1 unspecified atom stereocenters. The second-order valence-electron chi connectivity index (χ2n) is 4.90. The topological polar surface area (TPSA) is 38.0 Å². The molecule has 0 aromatic heterocycles. The van der Waals surface area contributed by atoms with Gasteiger partial charge in [-0.05, 0) is 52.2 Å². The van der Waals surface area contributed by atoms with E-state index in [2.05, 4.69) is 45.6 Å². The molecule has 0 aliphatic rings. The first-order valence-electron chi connectivity index (χ1n) is 6.58.